The van der Waals surface area contributed by atoms with Crippen LogP contribution in [0, 0.1) is 5.92 Å². The number of hydrogen-bond donors (Lipinski definition) is 1. The molecule has 4 aromatic carbocycles. The summed E-state index contributed by atoms with van der Waals surface area (Å²) in [7, 11) is 0. The Morgan fingerprint density at radius 1 is 0.680 bits per heavy atom. The Kier molecular flexibility index (Phi) is 11.4. The first-order valence-electron chi connectivity index (χ1n) is 17.8. The molecular weight excluding hydrogens is 641 g/mol. The van der Waals surface area contributed by atoms with Gasteiger partial charge in [-0.15, -0.1) is 0 Å². The minimum absolute atomic E-state index is 0.102. The van der Waals surface area contributed by atoms with Gasteiger partial charge in [0.2, 0.25) is 11.8 Å². The molecule has 0 aliphatic carbocycles. The maximum atomic E-state index is 13.0. The summed E-state index contributed by atoms with van der Waals surface area (Å²) in [6.45, 7) is 18.9. The van der Waals surface area contributed by atoms with Crippen LogP contribution in [0.5, 0.6) is 17.2 Å². The molecule has 50 heavy (non-hydrogen) atoms. The molecule has 264 valence electrons. The molecule has 2 aliphatic rings. The van der Waals surface area contributed by atoms with Crippen molar-refractivity contribution in [2.24, 2.45) is 5.92 Å². The topological polar surface area (TPSA) is 70.1 Å². The Hall–Kier alpha value is -4.23. The number of hydrogen-bond acceptors (Lipinski definition) is 5. The lowest BCUT2D eigenvalue weighted by Gasteiger charge is -2.33. The standard InChI is InChI=1S/C39H42N2O4S.C4H10/c1-38(2,3)32-20-10-26(24-33(32)40-22-6-8-36(40)43)39(4,5)27-11-21-35(34(25-27)41-23-7-9-37(41)44)45-29-14-18-31(19-15-29)46-30-16-12-28(42)13-17-30;1-4(2)3/h10-21,24-25,42H,6-9,22-23H2,1-5H3;4H,1-3H3. The van der Waals surface area contributed by atoms with Gasteiger partial charge in [-0.05, 0) is 108 Å². The smallest absolute Gasteiger partial charge is 0.227 e. The maximum absolute atomic E-state index is 13.0. The molecule has 6 rings (SSSR count). The van der Waals surface area contributed by atoms with E-state index in [4.69, 9.17) is 4.74 Å². The van der Waals surface area contributed by atoms with Gasteiger partial charge in [-0.25, -0.2) is 0 Å². The number of carbonyl (C=O) groups is 2. The van der Waals surface area contributed by atoms with Crippen molar-refractivity contribution in [1.29, 1.82) is 0 Å². The second-order valence-corrected chi connectivity index (χ2v) is 16.6. The van der Waals surface area contributed by atoms with Crippen molar-refractivity contribution < 1.29 is 19.4 Å². The van der Waals surface area contributed by atoms with Gasteiger partial charge in [0, 0.05) is 46.8 Å². The molecule has 4 aromatic rings. The highest BCUT2D eigenvalue weighted by atomic mass is 32.2. The van der Waals surface area contributed by atoms with E-state index in [1.54, 1.807) is 23.9 Å². The third kappa shape index (κ3) is 8.73. The van der Waals surface area contributed by atoms with Gasteiger partial charge < -0.3 is 19.6 Å². The fourth-order valence-electron chi connectivity index (χ4n) is 6.31. The van der Waals surface area contributed by atoms with E-state index >= 15 is 0 Å². The van der Waals surface area contributed by atoms with Crippen molar-refractivity contribution in [3.63, 3.8) is 0 Å². The van der Waals surface area contributed by atoms with Crippen molar-refractivity contribution in [2.75, 3.05) is 22.9 Å². The molecular formula is C43H52N2O4S. The van der Waals surface area contributed by atoms with Gasteiger partial charge in [0.15, 0.2) is 5.75 Å². The summed E-state index contributed by atoms with van der Waals surface area (Å²) < 4.78 is 6.44. The number of carbonyl (C=O) groups excluding carboxylic acids is 2. The lowest BCUT2D eigenvalue weighted by Crippen LogP contribution is -2.29. The average Bonchev–Trinajstić information content (AvgIpc) is 3.69. The molecule has 7 heteroatoms. The monoisotopic (exact) mass is 692 g/mol. The molecule has 0 aromatic heterocycles. The van der Waals surface area contributed by atoms with Crippen molar-refractivity contribution in [2.45, 2.75) is 102 Å². The average molecular weight is 693 g/mol. The lowest BCUT2D eigenvalue weighted by molar-refractivity contribution is -0.117. The molecule has 2 fully saturated rings. The normalized spacial score (nSPS) is 15.1. The van der Waals surface area contributed by atoms with Crippen LogP contribution in [0.25, 0.3) is 0 Å². The van der Waals surface area contributed by atoms with Crippen molar-refractivity contribution in [1.82, 2.24) is 0 Å². The van der Waals surface area contributed by atoms with Gasteiger partial charge >= 0.3 is 0 Å². The lowest BCUT2D eigenvalue weighted by atomic mass is 9.75. The highest BCUT2D eigenvalue weighted by Crippen LogP contribution is 2.43. The predicted octanol–water partition coefficient (Wildman–Crippen LogP) is 10.9. The molecule has 2 saturated heterocycles. The number of rotatable bonds is 8. The number of phenols is 1. The van der Waals surface area contributed by atoms with Gasteiger partial charge in [-0.3, -0.25) is 9.59 Å². The number of ether oxygens (including phenoxy) is 1. The summed E-state index contributed by atoms with van der Waals surface area (Å²) in [5.74, 6) is 2.69. The third-order valence-corrected chi connectivity index (χ3v) is 10.1. The number of phenolic OH excluding ortho intramolecular Hbond substituents is 1. The SMILES string of the molecule is CC(C)(C)c1ccc(C(C)(C)c2ccc(Oc3ccc(Sc4ccc(O)cc4)cc3)c(N3CCCC3=O)c2)cc1N1CCCC1=O.CC(C)C. The minimum atomic E-state index is -0.406. The number of nitrogens with zero attached hydrogens (tertiary/aromatic N) is 2. The number of anilines is 2. The van der Waals surface area contributed by atoms with E-state index in [0.717, 1.165) is 57.6 Å². The second-order valence-electron chi connectivity index (χ2n) is 15.5. The summed E-state index contributed by atoms with van der Waals surface area (Å²) in [5, 5.41) is 9.57. The highest BCUT2D eigenvalue weighted by Gasteiger charge is 2.33. The summed E-state index contributed by atoms with van der Waals surface area (Å²) in [4.78, 5) is 31.8. The second kappa shape index (κ2) is 15.3. The summed E-state index contributed by atoms with van der Waals surface area (Å²) in [6.07, 6.45) is 2.81. The zero-order valence-electron chi connectivity index (χ0n) is 30.9. The number of aromatic hydroxyl groups is 1. The molecule has 0 spiro atoms. The first-order chi connectivity index (χ1) is 23.6. The number of amides is 2. The molecule has 0 atom stereocenters. The van der Waals surface area contributed by atoms with Crippen LogP contribution < -0.4 is 14.5 Å². The third-order valence-electron chi connectivity index (χ3n) is 9.06. The largest absolute Gasteiger partial charge is 0.508 e. The zero-order chi connectivity index (χ0) is 36.2. The first-order valence-corrected chi connectivity index (χ1v) is 18.6. The van der Waals surface area contributed by atoms with E-state index in [2.05, 4.69) is 85.7 Å². The molecule has 1 N–H and O–H groups in total. The van der Waals surface area contributed by atoms with E-state index in [1.165, 1.54) is 5.56 Å². The van der Waals surface area contributed by atoms with Gasteiger partial charge in [0.05, 0.1) is 5.69 Å². The molecule has 2 heterocycles. The van der Waals surface area contributed by atoms with Crippen LogP contribution in [-0.2, 0) is 20.4 Å². The van der Waals surface area contributed by atoms with Crippen LogP contribution in [0.1, 0.15) is 97.8 Å². The Morgan fingerprint density at radius 2 is 1.16 bits per heavy atom. The van der Waals surface area contributed by atoms with Gasteiger partial charge in [-0.2, -0.15) is 0 Å². The Morgan fingerprint density at radius 3 is 1.66 bits per heavy atom. The van der Waals surface area contributed by atoms with Crippen LogP contribution in [0.3, 0.4) is 0 Å². The van der Waals surface area contributed by atoms with Crippen LogP contribution in [0.4, 0.5) is 11.4 Å². The fraction of sp³-hybridized carbons (Fsp3) is 0.395. The molecule has 0 saturated carbocycles. The molecule has 0 radical (unpaired) electrons. The van der Waals surface area contributed by atoms with Gasteiger partial charge in [0.25, 0.3) is 0 Å². The summed E-state index contributed by atoms with van der Waals surface area (Å²) in [6, 6.07) is 27.8. The molecule has 0 unspecified atom stereocenters. The van der Waals surface area contributed by atoms with Crippen LogP contribution >= 0.6 is 11.8 Å². The van der Waals surface area contributed by atoms with Crippen LogP contribution in [0.2, 0.25) is 0 Å². The van der Waals surface area contributed by atoms with Crippen molar-refractivity contribution in [3.8, 4) is 17.2 Å². The minimum Gasteiger partial charge on any atom is -0.508 e. The van der Waals surface area contributed by atoms with E-state index in [-0.39, 0.29) is 23.0 Å². The quantitative estimate of drug-likeness (QED) is 0.199. The van der Waals surface area contributed by atoms with E-state index in [1.807, 2.05) is 52.3 Å². The van der Waals surface area contributed by atoms with E-state index < -0.39 is 5.41 Å². The molecule has 0 bridgehead atoms. The van der Waals surface area contributed by atoms with Crippen molar-refractivity contribution >= 4 is 35.0 Å². The first kappa shape index (κ1) is 37.0. The molecule has 2 aliphatic heterocycles. The fourth-order valence-corrected chi connectivity index (χ4v) is 7.12. The molecule has 2 amide bonds. The Balaban J connectivity index is 0.00000115. The number of benzene rings is 4. The molecule has 6 nitrogen and oxygen atoms in total. The van der Waals surface area contributed by atoms with Gasteiger partial charge in [-0.1, -0.05) is 85.4 Å². The Bertz CT molecular complexity index is 1800. The maximum Gasteiger partial charge on any atom is 0.227 e. The predicted molar refractivity (Wildman–Crippen MR) is 206 cm³/mol. The van der Waals surface area contributed by atoms with Crippen molar-refractivity contribution in [3.05, 3.63) is 102 Å². The summed E-state index contributed by atoms with van der Waals surface area (Å²) in [5.41, 5.74) is 4.62. The van der Waals surface area contributed by atoms with E-state index in [9.17, 15) is 14.7 Å². The van der Waals surface area contributed by atoms with E-state index in [0.29, 0.717) is 30.9 Å². The van der Waals surface area contributed by atoms with Gasteiger partial charge in [0.1, 0.15) is 11.5 Å². The van der Waals surface area contributed by atoms with Crippen LogP contribution in [-0.4, -0.2) is 30.0 Å². The highest BCUT2D eigenvalue weighted by molar-refractivity contribution is 7.99. The van der Waals surface area contributed by atoms with Crippen LogP contribution in [0.15, 0.2) is 94.7 Å². The summed E-state index contributed by atoms with van der Waals surface area (Å²) >= 11 is 1.61. The Labute approximate surface area is 302 Å². The zero-order valence-corrected chi connectivity index (χ0v) is 31.7.